The van der Waals surface area contributed by atoms with E-state index in [1.165, 1.54) is 12.8 Å². The quantitative estimate of drug-likeness (QED) is 0.823. The van der Waals surface area contributed by atoms with Gasteiger partial charge in [-0.15, -0.1) is 0 Å². The van der Waals surface area contributed by atoms with E-state index in [9.17, 15) is 5.11 Å². The smallest absolute Gasteiger partial charge is 0.122 e. The highest BCUT2D eigenvalue weighted by molar-refractivity contribution is 5.35. The first kappa shape index (κ1) is 10.2. The van der Waals surface area contributed by atoms with Crippen LogP contribution in [0.1, 0.15) is 31.2 Å². The summed E-state index contributed by atoms with van der Waals surface area (Å²) in [5.74, 6) is 1.74. The Bertz CT molecular complexity index is 378. The van der Waals surface area contributed by atoms with Gasteiger partial charge < -0.3 is 9.84 Å². The van der Waals surface area contributed by atoms with Gasteiger partial charge in [0.1, 0.15) is 5.75 Å². The fraction of sp³-hybridized carbons (Fsp3) is 0.571. The second-order valence-corrected chi connectivity index (χ2v) is 5.26. The van der Waals surface area contributed by atoms with Gasteiger partial charge in [0.05, 0.1) is 12.2 Å². The van der Waals surface area contributed by atoms with Gasteiger partial charge in [-0.1, -0.05) is 18.2 Å². The van der Waals surface area contributed by atoms with Crippen LogP contribution in [0.4, 0.5) is 0 Å². The summed E-state index contributed by atoms with van der Waals surface area (Å²) in [4.78, 5) is 0. The maximum atomic E-state index is 9.94. The van der Waals surface area contributed by atoms with Crippen LogP contribution < -0.4 is 4.74 Å². The maximum Gasteiger partial charge on any atom is 0.122 e. The van der Waals surface area contributed by atoms with Crippen molar-refractivity contribution >= 4 is 0 Å². The molecule has 0 unspecified atom stereocenters. The predicted octanol–water partition coefficient (Wildman–Crippen LogP) is 2.54. The minimum absolute atomic E-state index is 0.432. The molecule has 2 aliphatic carbocycles. The molecule has 1 aromatic rings. The molecule has 2 aliphatic rings. The highest BCUT2D eigenvalue weighted by Gasteiger charge is 2.40. The van der Waals surface area contributed by atoms with E-state index in [0.29, 0.717) is 0 Å². The third kappa shape index (κ3) is 2.38. The van der Waals surface area contributed by atoms with Gasteiger partial charge in [0.25, 0.3) is 0 Å². The summed E-state index contributed by atoms with van der Waals surface area (Å²) in [7, 11) is 0. The van der Waals surface area contributed by atoms with Crippen molar-refractivity contribution in [3.05, 3.63) is 29.8 Å². The van der Waals surface area contributed by atoms with Crippen molar-refractivity contribution in [2.45, 2.75) is 37.7 Å². The minimum atomic E-state index is -0.432. The van der Waals surface area contributed by atoms with Gasteiger partial charge >= 0.3 is 0 Å². The van der Waals surface area contributed by atoms with Crippen LogP contribution in [0, 0.1) is 5.92 Å². The van der Waals surface area contributed by atoms with Crippen LogP contribution in [0.5, 0.6) is 5.75 Å². The average molecular weight is 218 g/mol. The zero-order chi connectivity index (χ0) is 11.0. The lowest BCUT2D eigenvalue weighted by atomic mass is 10.1. The van der Waals surface area contributed by atoms with Gasteiger partial charge in [-0.2, -0.15) is 0 Å². The largest absolute Gasteiger partial charge is 0.493 e. The third-order valence-corrected chi connectivity index (χ3v) is 3.49. The van der Waals surface area contributed by atoms with Crippen LogP contribution >= 0.6 is 0 Å². The van der Waals surface area contributed by atoms with Gasteiger partial charge in [0.2, 0.25) is 0 Å². The molecule has 0 amide bonds. The van der Waals surface area contributed by atoms with Gasteiger partial charge in [-0.25, -0.2) is 0 Å². The molecule has 0 saturated heterocycles. The predicted molar refractivity (Wildman–Crippen MR) is 62.5 cm³/mol. The monoisotopic (exact) mass is 218 g/mol. The van der Waals surface area contributed by atoms with E-state index in [-0.39, 0.29) is 0 Å². The molecule has 0 atom stereocenters. The zero-order valence-electron chi connectivity index (χ0n) is 9.48. The van der Waals surface area contributed by atoms with E-state index < -0.39 is 5.60 Å². The Labute approximate surface area is 96.2 Å². The molecule has 1 N–H and O–H groups in total. The van der Waals surface area contributed by atoms with Crippen LogP contribution in [0.15, 0.2) is 24.3 Å². The number of hydrogen-bond acceptors (Lipinski definition) is 2. The van der Waals surface area contributed by atoms with Gasteiger partial charge in [-0.05, 0) is 43.2 Å². The number of aliphatic hydroxyl groups is 1. The maximum absolute atomic E-state index is 9.94. The molecule has 0 heterocycles. The SMILES string of the molecule is OC1(Cc2ccccc2OCC2CC2)CC1. The van der Waals surface area contributed by atoms with Crippen molar-refractivity contribution in [1.82, 2.24) is 0 Å². The summed E-state index contributed by atoms with van der Waals surface area (Å²) in [6.07, 6.45) is 5.24. The Morgan fingerprint density at radius 1 is 1.25 bits per heavy atom. The number of benzene rings is 1. The topological polar surface area (TPSA) is 29.5 Å². The van der Waals surface area contributed by atoms with Crippen molar-refractivity contribution in [2.75, 3.05) is 6.61 Å². The molecule has 1 aromatic carbocycles. The van der Waals surface area contributed by atoms with E-state index in [1.807, 2.05) is 18.2 Å². The highest BCUT2D eigenvalue weighted by Crippen LogP contribution is 2.40. The molecular weight excluding hydrogens is 200 g/mol. The molecule has 2 saturated carbocycles. The van der Waals surface area contributed by atoms with Crippen molar-refractivity contribution < 1.29 is 9.84 Å². The third-order valence-electron chi connectivity index (χ3n) is 3.49. The van der Waals surface area contributed by atoms with E-state index in [0.717, 1.165) is 43.1 Å². The molecule has 2 fully saturated rings. The van der Waals surface area contributed by atoms with E-state index in [2.05, 4.69) is 6.07 Å². The van der Waals surface area contributed by atoms with E-state index in [1.54, 1.807) is 0 Å². The molecule has 0 bridgehead atoms. The van der Waals surface area contributed by atoms with Gasteiger partial charge in [-0.3, -0.25) is 0 Å². The lowest BCUT2D eigenvalue weighted by Gasteiger charge is -2.13. The molecule has 2 heteroatoms. The average Bonchev–Trinajstić information content (AvgIpc) is 3.16. The van der Waals surface area contributed by atoms with Gasteiger partial charge in [0.15, 0.2) is 0 Å². The lowest BCUT2D eigenvalue weighted by Crippen LogP contribution is -2.12. The van der Waals surface area contributed by atoms with Crippen molar-refractivity contribution in [2.24, 2.45) is 5.92 Å². The molecule has 3 rings (SSSR count). The molecule has 0 spiro atoms. The van der Waals surface area contributed by atoms with Crippen LogP contribution in [0.2, 0.25) is 0 Å². The molecule has 0 radical (unpaired) electrons. The molecule has 16 heavy (non-hydrogen) atoms. The first-order valence-corrected chi connectivity index (χ1v) is 6.18. The number of para-hydroxylation sites is 1. The normalized spacial score (nSPS) is 21.8. The first-order chi connectivity index (χ1) is 7.75. The fourth-order valence-electron chi connectivity index (χ4n) is 1.96. The second-order valence-electron chi connectivity index (χ2n) is 5.26. The Balaban J connectivity index is 1.69. The summed E-state index contributed by atoms with van der Waals surface area (Å²) in [6, 6.07) is 8.11. The molecule has 86 valence electrons. The zero-order valence-corrected chi connectivity index (χ0v) is 9.48. The Kier molecular flexibility index (Phi) is 2.40. The molecule has 0 aromatic heterocycles. The summed E-state index contributed by atoms with van der Waals surface area (Å²) in [5, 5.41) is 9.94. The van der Waals surface area contributed by atoms with Crippen LogP contribution in [0.3, 0.4) is 0 Å². The number of rotatable bonds is 5. The van der Waals surface area contributed by atoms with Crippen molar-refractivity contribution in [1.29, 1.82) is 0 Å². The number of ether oxygens (including phenoxy) is 1. The van der Waals surface area contributed by atoms with Gasteiger partial charge in [0, 0.05) is 6.42 Å². The second kappa shape index (κ2) is 3.77. The summed E-state index contributed by atoms with van der Waals surface area (Å²) >= 11 is 0. The van der Waals surface area contributed by atoms with Crippen LogP contribution in [-0.4, -0.2) is 17.3 Å². The molecular formula is C14H18O2. The van der Waals surface area contributed by atoms with Crippen molar-refractivity contribution in [3.63, 3.8) is 0 Å². The van der Waals surface area contributed by atoms with E-state index >= 15 is 0 Å². The minimum Gasteiger partial charge on any atom is -0.493 e. The Morgan fingerprint density at radius 2 is 2.00 bits per heavy atom. The lowest BCUT2D eigenvalue weighted by molar-refractivity contribution is 0.149. The van der Waals surface area contributed by atoms with Crippen LogP contribution in [0.25, 0.3) is 0 Å². The fourth-order valence-corrected chi connectivity index (χ4v) is 1.96. The molecule has 0 aliphatic heterocycles. The standard InChI is InChI=1S/C14H18O2/c15-14(7-8-14)9-12-3-1-2-4-13(12)16-10-11-5-6-11/h1-4,11,15H,5-10H2. The number of hydrogen-bond donors (Lipinski definition) is 1. The van der Waals surface area contributed by atoms with E-state index in [4.69, 9.17) is 4.74 Å². The first-order valence-electron chi connectivity index (χ1n) is 6.18. The summed E-state index contributed by atoms with van der Waals surface area (Å²) in [5.41, 5.74) is 0.724. The Hall–Kier alpha value is -1.02. The highest BCUT2D eigenvalue weighted by atomic mass is 16.5. The summed E-state index contributed by atoms with van der Waals surface area (Å²) in [6.45, 7) is 0.843. The van der Waals surface area contributed by atoms with Crippen LogP contribution in [-0.2, 0) is 6.42 Å². The van der Waals surface area contributed by atoms with Crippen molar-refractivity contribution in [3.8, 4) is 5.75 Å². The summed E-state index contributed by atoms with van der Waals surface area (Å²) < 4.78 is 5.82. The molecule has 2 nitrogen and oxygen atoms in total. The Morgan fingerprint density at radius 3 is 2.69 bits per heavy atom.